The van der Waals surface area contributed by atoms with Crippen LogP contribution in [0.15, 0.2) is 80.9 Å². The molecule has 0 fully saturated rings. The van der Waals surface area contributed by atoms with Crippen LogP contribution in [0.2, 0.25) is 0 Å². The first-order valence-corrected chi connectivity index (χ1v) is 10.2. The molecule has 1 aliphatic heterocycles. The summed E-state index contributed by atoms with van der Waals surface area (Å²) in [6.07, 6.45) is 0. The van der Waals surface area contributed by atoms with Gasteiger partial charge >= 0.3 is 29.6 Å². The molecule has 11 heteroatoms. The number of hydrazone groups is 1. The summed E-state index contributed by atoms with van der Waals surface area (Å²) in [5.74, 6) is -0.947. The van der Waals surface area contributed by atoms with Crippen molar-refractivity contribution in [2.75, 3.05) is 5.01 Å². The number of amides is 1. The van der Waals surface area contributed by atoms with E-state index in [2.05, 4.69) is 15.3 Å². The molecule has 4 rings (SSSR count). The van der Waals surface area contributed by atoms with Gasteiger partial charge in [0.1, 0.15) is 21.6 Å². The smallest absolute Gasteiger partial charge is 0.744 e. The number of carbonyl (C=O) groups excluding carboxylic acids is 1. The molecule has 1 N–H and O–H groups in total. The molecule has 0 spiro atoms. The van der Waals surface area contributed by atoms with Crippen LogP contribution >= 0.6 is 0 Å². The van der Waals surface area contributed by atoms with E-state index < -0.39 is 32.7 Å². The summed E-state index contributed by atoms with van der Waals surface area (Å²) in [6.45, 7) is 1.63. The largest absolute Gasteiger partial charge is 1.00 e. The standard InChI is InChI=1S/C20H16N4O5S.Na/c1-12-18(20(26)24(23-12)13-7-3-2-4-8-13)21-22-19-15-10-6-5-9-14(15)17(11-16(19)25)30(27,28)29;/h2-11,18,25H,1H3,(H,27,28,29);/q;+1/p-1/b22-21+;. The third kappa shape index (κ3) is 4.39. The second-order valence-corrected chi connectivity index (χ2v) is 7.94. The van der Waals surface area contributed by atoms with Crippen molar-refractivity contribution in [2.24, 2.45) is 15.3 Å². The summed E-state index contributed by atoms with van der Waals surface area (Å²) >= 11 is 0. The van der Waals surface area contributed by atoms with Gasteiger partial charge in [-0.1, -0.05) is 42.5 Å². The van der Waals surface area contributed by atoms with Gasteiger partial charge in [0.2, 0.25) is 0 Å². The molecule has 0 aromatic heterocycles. The Morgan fingerprint density at radius 1 is 1.06 bits per heavy atom. The number of fused-ring (bicyclic) bond motifs is 1. The van der Waals surface area contributed by atoms with E-state index in [1.165, 1.54) is 17.1 Å². The maximum absolute atomic E-state index is 12.7. The summed E-state index contributed by atoms with van der Waals surface area (Å²) in [5.41, 5.74) is 0.949. The number of benzene rings is 3. The van der Waals surface area contributed by atoms with Gasteiger partial charge in [-0.15, -0.1) is 0 Å². The molecule has 9 nitrogen and oxygen atoms in total. The molecule has 31 heavy (non-hydrogen) atoms. The zero-order valence-corrected chi connectivity index (χ0v) is 19.4. The predicted octanol–water partition coefficient (Wildman–Crippen LogP) is 0.328. The molecule has 0 saturated carbocycles. The molecule has 1 aliphatic rings. The minimum absolute atomic E-state index is 0. The van der Waals surface area contributed by atoms with E-state index in [0.717, 1.165) is 6.07 Å². The number of hydrogen-bond donors (Lipinski definition) is 1. The first-order valence-electron chi connectivity index (χ1n) is 8.83. The summed E-state index contributed by atoms with van der Waals surface area (Å²) in [7, 11) is -4.82. The zero-order valence-electron chi connectivity index (χ0n) is 16.6. The Morgan fingerprint density at radius 2 is 1.68 bits per heavy atom. The second-order valence-electron chi connectivity index (χ2n) is 6.59. The normalized spacial score (nSPS) is 16.6. The van der Waals surface area contributed by atoms with Crippen molar-refractivity contribution in [3.8, 4) is 5.75 Å². The maximum atomic E-state index is 12.7. The number of azo groups is 1. The summed E-state index contributed by atoms with van der Waals surface area (Å²) in [6, 6.07) is 14.8. The third-order valence-corrected chi connectivity index (χ3v) is 5.47. The first-order chi connectivity index (χ1) is 14.3. The van der Waals surface area contributed by atoms with Gasteiger partial charge in [0.15, 0.2) is 6.04 Å². The van der Waals surface area contributed by atoms with Crippen LogP contribution in [0.25, 0.3) is 10.8 Å². The number of hydrogen-bond acceptors (Lipinski definition) is 8. The monoisotopic (exact) mass is 446 g/mol. The van der Waals surface area contributed by atoms with Crippen molar-refractivity contribution in [1.82, 2.24) is 0 Å². The number of phenols is 1. The van der Waals surface area contributed by atoms with Crippen molar-refractivity contribution in [3.63, 3.8) is 0 Å². The second kappa shape index (κ2) is 8.85. The predicted molar refractivity (Wildman–Crippen MR) is 109 cm³/mol. The van der Waals surface area contributed by atoms with E-state index in [0.29, 0.717) is 11.4 Å². The van der Waals surface area contributed by atoms with Crippen LogP contribution in [0.3, 0.4) is 0 Å². The number of nitrogens with zero attached hydrogens (tertiary/aromatic N) is 4. The van der Waals surface area contributed by atoms with Crippen molar-refractivity contribution < 1.29 is 52.4 Å². The van der Waals surface area contributed by atoms with Crippen LogP contribution in [0.4, 0.5) is 11.4 Å². The summed E-state index contributed by atoms with van der Waals surface area (Å²) in [5, 5.41) is 24.2. The summed E-state index contributed by atoms with van der Waals surface area (Å²) in [4.78, 5) is 12.2. The SMILES string of the molecule is CC1=NN(c2ccccc2)C(=O)C1/N=N/c1c(O)cc(S(=O)(=O)[O-])c2ccccc12.[Na+]. The molecule has 1 amide bonds. The van der Waals surface area contributed by atoms with Gasteiger partial charge in [-0.2, -0.15) is 20.3 Å². The molecule has 3 aromatic carbocycles. The van der Waals surface area contributed by atoms with Crippen molar-refractivity contribution in [2.45, 2.75) is 17.9 Å². The Kier molecular flexibility index (Phi) is 6.58. The number of phenolic OH excluding ortho intramolecular Hbond substituents is 1. The number of para-hydroxylation sites is 1. The summed E-state index contributed by atoms with van der Waals surface area (Å²) < 4.78 is 34.6. The molecule has 0 aliphatic carbocycles. The van der Waals surface area contributed by atoms with Gasteiger partial charge in [-0.25, -0.2) is 8.42 Å². The molecule has 0 radical (unpaired) electrons. The molecule has 1 heterocycles. The molecule has 0 bridgehead atoms. The topological polar surface area (TPSA) is 135 Å². The Labute approximate surface area is 200 Å². The van der Waals surface area contributed by atoms with Gasteiger partial charge in [0.25, 0.3) is 5.91 Å². The van der Waals surface area contributed by atoms with Gasteiger partial charge < -0.3 is 9.66 Å². The van der Waals surface area contributed by atoms with Gasteiger partial charge in [-0.3, -0.25) is 4.79 Å². The fourth-order valence-corrected chi connectivity index (χ4v) is 3.89. The minimum atomic E-state index is -4.82. The van der Waals surface area contributed by atoms with Crippen molar-refractivity contribution in [1.29, 1.82) is 0 Å². The maximum Gasteiger partial charge on any atom is 1.00 e. The van der Waals surface area contributed by atoms with Gasteiger partial charge in [0, 0.05) is 16.8 Å². The number of carbonyl (C=O) groups is 1. The van der Waals surface area contributed by atoms with Crippen LogP contribution in [0.1, 0.15) is 6.92 Å². The van der Waals surface area contributed by atoms with Crippen LogP contribution in [-0.4, -0.2) is 35.7 Å². The van der Waals surface area contributed by atoms with E-state index in [4.69, 9.17) is 0 Å². The Bertz CT molecular complexity index is 1330. The van der Waals surface area contributed by atoms with E-state index in [-0.39, 0.29) is 46.0 Å². The van der Waals surface area contributed by atoms with Crippen molar-refractivity contribution in [3.05, 3.63) is 60.7 Å². The number of anilines is 1. The Morgan fingerprint density at radius 3 is 2.32 bits per heavy atom. The molecule has 1 unspecified atom stereocenters. The van der Waals surface area contributed by atoms with Gasteiger partial charge in [-0.05, 0) is 19.1 Å². The molecule has 0 saturated heterocycles. The van der Waals surface area contributed by atoms with Crippen LogP contribution < -0.4 is 34.6 Å². The fraction of sp³-hybridized carbons (Fsp3) is 0.100. The fourth-order valence-electron chi connectivity index (χ4n) is 3.18. The Balaban J connectivity index is 0.00000272. The van der Waals surface area contributed by atoms with E-state index in [1.807, 2.05) is 6.07 Å². The van der Waals surface area contributed by atoms with E-state index in [9.17, 15) is 22.9 Å². The molecule has 3 aromatic rings. The van der Waals surface area contributed by atoms with Crippen LogP contribution in [-0.2, 0) is 14.9 Å². The minimum Gasteiger partial charge on any atom is -0.744 e. The molecule has 152 valence electrons. The van der Waals surface area contributed by atoms with Crippen LogP contribution in [0, 0.1) is 0 Å². The quantitative estimate of drug-likeness (QED) is 0.350. The number of rotatable bonds is 4. The first kappa shape index (κ1) is 23.0. The van der Waals surface area contributed by atoms with Crippen LogP contribution in [0.5, 0.6) is 5.75 Å². The number of aromatic hydroxyl groups is 1. The zero-order chi connectivity index (χ0) is 21.5. The molecule has 1 atom stereocenters. The average Bonchev–Trinajstić information content (AvgIpc) is 3.00. The van der Waals surface area contributed by atoms with E-state index in [1.54, 1.807) is 43.3 Å². The van der Waals surface area contributed by atoms with Gasteiger partial charge in [0.05, 0.1) is 16.3 Å². The van der Waals surface area contributed by atoms with E-state index >= 15 is 0 Å². The molecular weight excluding hydrogens is 431 g/mol. The third-order valence-electron chi connectivity index (χ3n) is 4.60. The molecular formula is C20H15N4NaO5S. The van der Waals surface area contributed by atoms with Crippen molar-refractivity contribution >= 4 is 43.9 Å². The Hall–Kier alpha value is -2.63. The average molecular weight is 446 g/mol.